The van der Waals surface area contributed by atoms with Gasteiger partial charge in [-0.25, -0.2) is 0 Å². The number of piperidine rings is 1. The van der Waals surface area contributed by atoms with Gasteiger partial charge in [-0.2, -0.15) is 0 Å². The van der Waals surface area contributed by atoms with E-state index in [1.165, 1.54) is 35.2 Å². The first kappa shape index (κ1) is 20.8. The Morgan fingerprint density at radius 2 is 2.10 bits per heavy atom. The molecule has 1 saturated heterocycles. The highest BCUT2D eigenvalue weighted by Gasteiger charge is 2.31. The smallest absolute Gasteiger partial charge is 0.190 e. The second kappa shape index (κ2) is 10.0. The molecular formula is C24H31N5S. The quantitative estimate of drug-likeness (QED) is 0.465. The van der Waals surface area contributed by atoms with Crippen LogP contribution in [-0.2, 0) is 6.42 Å². The lowest BCUT2D eigenvalue weighted by Crippen LogP contribution is -2.45. The van der Waals surface area contributed by atoms with E-state index in [0.29, 0.717) is 12.0 Å². The van der Waals surface area contributed by atoms with Gasteiger partial charge in [0.1, 0.15) is 0 Å². The highest BCUT2D eigenvalue weighted by molar-refractivity contribution is 7.10. The number of para-hydroxylation sites is 1. The number of nitrogens with zero attached hydrogens (tertiary/aromatic N) is 3. The van der Waals surface area contributed by atoms with Crippen LogP contribution in [-0.4, -0.2) is 49.6 Å². The van der Waals surface area contributed by atoms with Gasteiger partial charge in [-0.3, -0.25) is 14.9 Å². The molecule has 158 valence electrons. The maximum atomic E-state index is 4.56. The molecule has 1 aliphatic rings. The molecule has 6 heteroatoms. The predicted molar refractivity (Wildman–Crippen MR) is 127 cm³/mol. The molecule has 4 rings (SSSR count). The zero-order chi connectivity index (χ0) is 20.8. The number of hydrogen-bond donors (Lipinski definition) is 2. The van der Waals surface area contributed by atoms with Gasteiger partial charge in [0.2, 0.25) is 0 Å². The fourth-order valence-electron chi connectivity index (χ4n) is 4.52. The summed E-state index contributed by atoms with van der Waals surface area (Å²) in [6.45, 7) is 2.93. The minimum Gasteiger partial charge on any atom is -0.356 e. The van der Waals surface area contributed by atoms with Gasteiger partial charge in [-0.1, -0.05) is 30.3 Å². The SMILES string of the molecule is CN=C(NCCc1cccc2cccnc12)NCC1CCCN(C)C1c1cccs1. The highest BCUT2D eigenvalue weighted by atomic mass is 32.1. The van der Waals surface area contributed by atoms with Gasteiger partial charge in [-0.15, -0.1) is 11.3 Å². The molecule has 30 heavy (non-hydrogen) atoms. The summed E-state index contributed by atoms with van der Waals surface area (Å²) >= 11 is 1.87. The Morgan fingerprint density at radius 3 is 2.93 bits per heavy atom. The van der Waals surface area contributed by atoms with E-state index in [0.717, 1.165) is 31.0 Å². The van der Waals surface area contributed by atoms with Crippen LogP contribution in [0.25, 0.3) is 10.9 Å². The average molecular weight is 422 g/mol. The van der Waals surface area contributed by atoms with Crippen molar-refractivity contribution < 1.29 is 0 Å². The second-order valence-corrected chi connectivity index (χ2v) is 8.94. The Kier molecular flexibility index (Phi) is 6.97. The molecule has 0 spiro atoms. The number of pyridine rings is 1. The summed E-state index contributed by atoms with van der Waals surface area (Å²) in [4.78, 5) is 13.0. The Bertz CT molecular complexity index is 963. The standard InChI is InChI=1S/C24H31N5S/c1-25-24(27-14-12-19-8-3-7-18-9-4-13-26-22(18)19)28-17-20-10-5-15-29(2)23(20)21-11-6-16-30-21/h3-4,6-9,11,13,16,20,23H,5,10,12,14-15,17H2,1-2H3,(H2,25,27,28). The van der Waals surface area contributed by atoms with Crippen LogP contribution < -0.4 is 10.6 Å². The maximum Gasteiger partial charge on any atom is 0.190 e. The van der Waals surface area contributed by atoms with Crippen LogP contribution >= 0.6 is 11.3 Å². The average Bonchev–Trinajstić information content (AvgIpc) is 3.30. The number of likely N-dealkylation sites (tertiary alicyclic amines) is 1. The van der Waals surface area contributed by atoms with E-state index in [9.17, 15) is 0 Å². The van der Waals surface area contributed by atoms with Crippen LogP contribution in [0.3, 0.4) is 0 Å². The summed E-state index contributed by atoms with van der Waals surface area (Å²) in [6, 6.07) is 15.4. The number of hydrogen-bond acceptors (Lipinski definition) is 4. The highest BCUT2D eigenvalue weighted by Crippen LogP contribution is 2.36. The summed E-state index contributed by atoms with van der Waals surface area (Å²) in [5.74, 6) is 1.46. The molecule has 3 heterocycles. The molecule has 2 aromatic heterocycles. The van der Waals surface area contributed by atoms with Gasteiger partial charge in [0.15, 0.2) is 5.96 Å². The molecule has 5 nitrogen and oxygen atoms in total. The predicted octanol–water partition coefficient (Wildman–Crippen LogP) is 4.09. The van der Waals surface area contributed by atoms with E-state index < -0.39 is 0 Å². The summed E-state index contributed by atoms with van der Waals surface area (Å²) in [5.41, 5.74) is 2.36. The van der Waals surface area contributed by atoms with Gasteiger partial charge in [0, 0.05) is 42.6 Å². The first-order chi connectivity index (χ1) is 14.8. The van der Waals surface area contributed by atoms with Gasteiger partial charge in [0.05, 0.1) is 5.52 Å². The van der Waals surface area contributed by atoms with E-state index >= 15 is 0 Å². The van der Waals surface area contributed by atoms with Crippen molar-refractivity contribution in [2.75, 3.05) is 33.7 Å². The third kappa shape index (κ3) is 4.82. The van der Waals surface area contributed by atoms with Crippen molar-refractivity contribution in [1.29, 1.82) is 0 Å². The number of rotatable bonds is 6. The van der Waals surface area contributed by atoms with Crippen molar-refractivity contribution >= 4 is 28.2 Å². The fourth-order valence-corrected chi connectivity index (χ4v) is 5.50. The number of aromatic nitrogens is 1. The van der Waals surface area contributed by atoms with Gasteiger partial charge in [-0.05, 0) is 61.8 Å². The largest absolute Gasteiger partial charge is 0.356 e. The molecule has 0 bridgehead atoms. The van der Waals surface area contributed by atoms with Crippen LogP contribution in [0.4, 0.5) is 0 Å². The molecule has 1 aromatic carbocycles. The number of aliphatic imine (C=N–C) groups is 1. The molecule has 3 aromatic rings. The van der Waals surface area contributed by atoms with Crippen molar-refractivity contribution in [3.63, 3.8) is 0 Å². The minimum absolute atomic E-state index is 0.492. The van der Waals surface area contributed by atoms with Crippen molar-refractivity contribution in [2.45, 2.75) is 25.3 Å². The molecule has 0 amide bonds. The van der Waals surface area contributed by atoms with Crippen molar-refractivity contribution in [2.24, 2.45) is 10.9 Å². The van der Waals surface area contributed by atoms with Crippen molar-refractivity contribution in [1.82, 2.24) is 20.5 Å². The topological polar surface area (TPSA) is 52.6 Å². The van der Waals surface area contributed by atoms with Gasteiger partial charge >= 0.3 is 0 Å². The van der Waals surface area contributed by atoms with Gasteiger partial charge in [0.25, 0.3) is 0 Å². The molecule has 2 unspecified atom stereocenters. The molecule has 0 aliphatic carbocycles. The van der Waals surface area contributed by atoms with Crippen molar-refractivity contribution in [3.05, 3.63) is 64.5 Å². The van der Waals surface area contributed by atoms with E-state index in [2.05, 4.69) is 74.3 Å². The fraction of sp³-hybridized carbons (Fsp3) is 0.417. The Labute approximate surface area is 183 Å². The second-order valence-electron chi connectivity index (χ2n) is 7.97. The number of benzene rings is 1. The Hall–Kier alpha value is -2.44. The van der Waals surface area contributed by atoms with E-state index in [1.807, 2.05) is 30.6 Å². The van der Waals surface area contributed by atoms with Crippen LogP contribution in [0.15, 0.2) is 59.0 Å². The van der Waals surface area contributed by atoms with Crippen LogP contribution in [0.2, 0.25) is 0 Å². The number of thiophene rings is 1. The third-order valence-corrected chi connectivity index (χ3v) is 6.94. The molecule has 0 radical (unpaired) electrons. The van der Waals surface area contributed by atoms with Crippen molar-refractivity contribution in [3.8, 4) is 0 Å². The van der Waals surface area contributed by atoms with Crippen LogP contribution in [0.5, 0.6) is 0 Å². The number of nitrogens with one attached hydrogen (secondary N) is 2. The molecule has 0 saturated carbocycles. The monoisotopic (exact) mass is 421 g/mol. The van der Waals surface area contributed by atoms with Crippen LogP contribution in [0, 0.1) is 5.92 Å². The lowest BCUT2D eigenvalue weighted by atomic mass is 9.88. The summed E-state index contributed by atoms with van der Waals surface area (Å²) in [5, 5.41) is 10.4. The molecule has 2 N–H and O–H groups in total. The number of guanidine groups is 1. The lowest BCUT2D eigenvalue weighted by Gasteiger charge is -2.39. The Balaban J connectivity index is 1.32. The molecular weight excluding hydrogens is 390 g/mol. The lowest BCUT2D eigenvalue weighted by molar-refractivity contribution is 0.125. The van der Waals surface area contributed by atoms with Crippen LogP contribution in [0.1, 0.15) is 29.3 Å². The normalized spacial score (nSPS) is 20.4. The third-order valence-electron chi connectivity index (χ3n) is 6.00. The summed E-state index contributed by atoms with van der Waals surface area (Å²) < 4.78 is 0. The number of fused-ring (bicyclic) bond motifs is 1. The zero-order valence-electron chi connectivity index (χ0n) is 17.8. The van der Waals surface area contributed by atoms with E-state index in [-0.39, 0.29) is 0 Å². The van der Waals surface area contributed by atoms with E-state index in [4.69, 9.17) is 0 Å². The first-order valence-electron chi connectivity index (χ1n) is 10.8. The maximum absolute atomic E-state index is 4.56. The zero-order valence-corrected chi connectivity index (χ0v) is 18.7. The molecule has 2 atom stereocenters. The minimum atomic E-state index is 0.492. The summed E-state index contributed by atoms with van der Waals surface area (Å²) in [6.07, 6.45) is 5.29. The van der Waals surface area contributed by atoms with Gasteiger partial charge < -0.3 is 10.6 Å². The molecule has 1 aliphatic heterocycles. The van der Waals surface area contributed by atoms with E-state index in [1.54, 1.807) is 0 Å². The summed E-state index contributed by atoms with van der Waals surface area (Å²) in [7, 11) is 4.10. The molecule has 1 fully saturated rings. The first-order valence-corrected chi connectivity index (χ1v) is 11.6. The Morgan fingerprint density at radius 1 is 1.20 bits per heavy atom.